The van der Waals surface area contributed by atoms with Gasteiger partial charge in [0.05, 0.1) is 0 Å². The Bertz CT molecular complexity index is 674. The Labute approximate surface area is 117 Å². The summed E-state index contributed by atoms with van der Waals surface area (Å²) < 4.78 is 4.91. The normalized spacial score (nSPS) is 10.4. The fourth-order valence-electron chi connectivity index (χ4n) is 2.13. The third-order valence-corrected chi connectivity index (χ3v) is 3.22. The highest BCUT2D eigenvalue weighted by Gasteiger charge is 2.12. The lowest BCUT2D eigenvalue weighted by Gasteiger charge is -2.02. The number of hydrogen-bond donors (Lipinski definition) is 1. The predicted octanol–water partition coefficient (Wildman–Crippen LogP) is 3.37. The van der Waals surface area contributed by atoms with Crippen molar-refractivity contribution in [3.8, 4) is 11.3 Å². The molecule has 0 aliphatic heterocycles. The predicted molar refractivity (Wildman–Crippen MR) is 78.5 cm³/mol. The SMILES string of the molecule is CNc1ccc(-c2nonc2Cc2ccccc2)cc1. The lowest BCUT2D eigenvalue weighted by Crippen LogP contribution is -1.92. The highest BCUT2D eigenvalue weighted by molar-refractivity contribution is 5.64. The van der Waals surface area contributed by atoms with E-state index in [1.165, 1.54) is 5.56 Å². The Morgan fingerprint density at radius 1 is 0.950 bits per heavy atom. The zero-order valence-electron chi connectivity index (χ0n) is 11.2. The van der Waals surface area contributed by atoms with E-state index in [0.717, 1.165) is 22.6 Å². The average Bonchev–Trinajstić information content (AvgIpc) is 2.96. The summed E-state index contributed by atoms with van der Waals surface area (Å²) in [6, 6.07) is 18.2. The van der Waals surface area contributed by atoms with Crippen LogP contribution in [0.4, 0.5) is 5.69 Å². The summed E-state index contributed by atoms with van der Waals surface area (Å²) in [6.07, 6.45) is 0.716. The fourth-order valence-corrected chi connectivity index (χ4v) is 2.13. The molecule has 3 rings (SSSR count). The van der Waals surface area contributed by atoms with E-state index in [4.69, 9.17) is 4.63 Å². The van der Waals surface area contributed by atoms with Crippen molar-refractivity contribution in [3.05, 3.63) is 65.9 Å². The minimum Gasteiger partial charge on any atom is -0.388 e. The molecule has 0 radical (unpaired) electrons. The summed E-state index contributed by atoms with van der Waals surface area (Å²) in [6.45, 7) is 0. The van der Waals surface area contributed by atoms with Gasteiger partial charge in [-0.05, 0) is 22.9 Å². The maximum absolute atomic E-state index is 4.91. The number of hydrogen-bond acceptors (Lipinski definition) is 4. The fraction of sp³-hybridized carbons (Fsp3) is 0.125. The highest BCUT2D eigenvalue weighted by atomic mass is 16.6. The largest absolute Gasteiger partial charge is 0.388 e. The second-order valence-electron chi connectivity index (χ2n) is 4.55. The van der Waals surface area contributed by atoms with E-state index in [1.807, 2.05) is 49.5 Å². The molecule has 2 aromatic carbocycles. The maximum atomic E-state index is 4.91. The minimum atomic E-state index is 0.716. The van der Waals surface area contributed by atoms with E-state index >= 15 is 0 Å². The number of anilines is 1. The Morgan fingerprint density at radius 3 is 2.40 bits per heavy atom. The average molecular weight is 265 g/mol. The van der Waals surface area contributed by atoms with Crippen LogP contribution < -0.4 is 5.32 Å². The van der Waals surface area contributed by atoms with Crippen LogP contribution in [0, 0.1) is 0 Å². The van der Waals surface area contributed by atoms with Crippen LogP contribution in [0.5, 0.6) is 0 Å². The third-order valence-electron chi connectivity index (χ3n) is 3.22. The summed E-state index contributed by atoms with van der Waals surface area (Å²) in [5, 5.41) is 11.2. The Hall–Kier alpha value is -2.62. The van der Waals surface area contributed by atoms with Crippen LogP contribution in [-0.4, -0.2) is 17.4 Å². The molecule has 0 spiro atoms. The molecule has 0 saturated heterocycles. The van der Waals surface area contributed by atoms with Crippen molar-refractivity contribution in [3.63, 3.8) is 0 Å². The van der Waals surface area contributed by atoms with Crippen molar-refractivity contribution in [1.29, 1.82) is 0 Å². The Balaban J connectivity index is 1.89. The van der Waals surface area contributed by atoms with Crippen molar-refractivity contribution in [2.45, 2.75) is 6.42 Å². The lowest BCUT2D eigenvalue weighted by atomic mass is 10.0. The molecule has 3 aromatic rings. The number of nitrogens with one attached hydrogen (secondary N) is 1. The van der Waals surface area contributed by atoms with Gasteiger partial charge in [-0.2, -0.15) is 0 Å². The highest BCUT2D eigenvalue weighted by Crippen LogP contribution is 2.23. The molecule has 4 heteroatoms. The molecule has 20 heavy (non-hydrogen) atoms. The van der Waals surface area contributed by atoms with Crippen molar-refractivity contribution in [1.82, 2.24) is 10.3 Å². The van der Waals surface area contributed by atoms with Crippen LogP contribution >= 0.6 is 0 Å². The number of aromatic nitrogens is 2. The number of benzene rings is 2. The lowest BCUT2D eigenvalue weighted by molar-refractivity contribution is 0.305. The minimum absolute atomic E-state index is 0.716. The molecule has 1 heterocycles. The van der Waals surface area contributed by atoms with Gasteiger partial charge in [-0.1, -0.05) is 47.6 Å². The number of nitrogens with zero attached hydrogens (tertiary/aromatic N) is 2. The molecule has 0 fully saturated rings. The first-order chi connectivity index (χ1) is 9.86. The van der Waals surface area contributed by atoms with E-state index in [9.17, 15) is 0 Å². The zero-order chi connectivity index (χ0) is 13.8. The van der Waals surface area contributed by atoms with E-state index in [-0.39, 0.29) is 0 Å². The molecule has 100 valence electrons. The molecule has 0 bridgehead atoms. The molecule has 0 amide bonds. The molecule has 4 nitrogen and oxygen atoms in total. The van der Waals surface area contributed by atoms with Crippen LogP contribution in [0.25, 0.3) is 11.3 Å². The van der Waals surface area contributed by atoms with E-state index < -0.39 is 0 Å². The van der Waals surface area contributed by atoms with Gasteiger partial charge in [-0.3, -0.25) is 0 Å². The summed E-state index contributed by atoms with van der Waals surface area (Å²) >= 11 is 0. The maximum Gasteiger partial charge on any atom is 0.138 e. The zero-order valence-corrected chi connectivity index (χ0v) is 11.2. The van der Waals surface area contributed by atoms with E-state index in [0.29, 0.717) is 6.42 Å². The van der Waals surface area contributed by atoms with Gasteiger partial charge >= 0.3 is 0 Å². The van der Waals surface area contributed by atoms with Gasteiger partial charge in [-0.25, -0.2) is 4.63 Å². The van der Waals surface area contributed by atoms with E-state index in [2.05, 4.69) is 27.8 Å². The third kappa shape index (κ3) is 2.54. The van der Waals surface area contributed by atoms with Gasteiger partial charge in [-0.15, -0.1) is 0 Å². The second-order valence-corrected chi connectivity index (χ2v) is 4.55. The summed E-state index contributed by atoms with van der Waals surface area (Å²) in [5.41, 5.74) is 4.92. The van der Waals surface area contributed by atoms with Crippen LogP contribution in [0.15, 0.2) is 59.2 Å². The molecule has 0 atom stereocenters. The monoisotopic (exact) mass is 265 g/mol. The quantitative estimate of drug-likeness (QED) is 0.785. The van der Waals surface area contributed by atoms with Gasteiger partial charge in [0.1, 0.15) is 11.4 Å². The molecule has 0 aliphatic carbocycles. The van der Waals surface area contributed by atoms with Crippen molar-refractivity contribution < 1.29 is 4.63 Å². The first-order valence-electron chi connectivity index (χ1n) is 6.50. The van der Waals surface area contributed by atoms with E-state index in [1.54, 1.807) is 0 Å². The van der Waals surface area contributed by atoms with Crippen molar-refractivity contribution in [2.24, 2.45) is 0 Å². The second kappa shape index (κ2) is 5.57. The van der Waals surface area contributed by atoms with Crippen molar-refractivity contribution >= 4 is 5.69 Å². The summed E-state index contributed by atoms with van der Waals surface area (Å²) in [5.74, 6) is 0. The molecule has 0 saturated carbocycles. The number of rotatable bonds is 4. The standard InChI is InChI=1S/C16H15N3O/c1-17-14-9-7-13(8-10-14)16-15(18-20-19-16)11-12-5-3-2-4-6-12/h2-10,17H,11H2,1H3. The first kappa shape index (κ1) is 12.4. The van der Waals surface area contributed by atoms with Gasteiger partial charge in [0.15, 0.2) is 0 Å². The Morgan fingerprint density at radius 2 is 1.70 bits per heavy atom. The van der Waals surface area contributed by atoms with Crippen LogP contribution in [-0.2, 0) is 6.42 Å². The molecular weight excluding hydrogens is 250 g/mol. The van der Waals surface area contributed by atoms with Gasteiger partial charge < -0.3 is 5.32 Å². The van der Waals surface area contributed by atoms with Crippen molar-refractivity contribution in [2.75, 3.05) is 12.4 Å². The summed E-state index contributed by atoms with van der Waals surface area (Å²) in [7, 11) is 1.90. The van der Waals surface area contributed by atoms with Gasteiger partial charge in [0.25, 0.3) is 0 Å². The summed E-state index contributed by atoms with van der Waals surface area (Å²) in [4.78, 5) is 0. The first-order valence-corrected chi connectivity index (χ1v) is 6.50. The van der Waals surface area contributed by atoms with Crippen LogP contribution in [0.1, 0.15) is 11.3 Å². The smallest absolute Gasteiger partial charge is 0.138 e. The van der Waals surface area contributed by atoms with Gasteiger partial charge in [0.2, 0.25) is 0 Å². The van der Waals surface area contributed by atoms with Gasteiger partial charge in [0, 0.05) is 24.7 Å². The van der Waals surface area contributed by atoms with Crippen LogP contribution in [0.3, 0.4) is 0 Å². The molecular formula is C16H15N3O. The van der Waals surface area contributed by atoms with Crippen LogP contribution in [0.2, 0.25) is 0 Å². The topological polar surface area (TPSA) is 51.0 Å². The molecule has 1 N–H and O–H groups in total. The molecule has 1 aromatic heterocycles. The molecule has 0 unspecified atom stereocenters. The molecule has 0 aliphatic rings. The Kier molecular flexibility index (Phi) is 3.46.